The molecule has 0 bridgehead atoms. The topological polar surface area (TPSA) is 77.0 Å². The van der Waals surface area contributed by atoms with Crippen molar-refractivity contribution in [3.8, 4) is 11.3 Å². The Morgan fingerprint density at radius 1 is 1.20 bits per heavy atom. The van der Waals surface area contributed by atoms with Gasteiger partial charge in [-0.3, -0.25) is 14.5 Å². The summed E-state index contributed by atoms with van der Waals surface area (Å²) in [5, 5.41) is 8.53. The van der Waals surface area contributed by atoms with Crippen molar-refractivity contribution in [2.45, 2.75) is 58.9 Å². The molecular formula is C23H29N5O2. The van der Waals surface area contributed by atoms with E-state index in [1.54, 1.807) is 0 Å². The maximum atomic E-state index is 12.8. The summed E-state index contributed by atoms with van der Waals surface area (Å²) in [6, 6.07) is 7.99. The molecule has 1 amide bonds. The largest absolute Gasteiger partial charge is 0.360 e. The molecule has 0 unspecified atom stereocenters. The molecule has 7 nitrogen and oxygen atoms in total. The molecule has 7 heteroatoms. The summed E-state index contributed by atoms with van der Waals surface area (Å²) in [5.41, 5.74) is 4.42. The Morgan fingerprint density at radius 2 is 2.00 bits per heavy atom. The van der Waals surface area contributed by atoms with Gasteiger partial charge in [-0.1, -0.05) is 25.1 Å². The summed E-state index contributed by atoms with van der Waals surface area (Å²) in [6.07, 6.45) is 5.48. The van der Waals surface area contributed by atoms with E-state index in [9.17, 15) is 4.79 Å². The van der Waals surface area contributed by atoms with Crippen LogP contribution in [0.5, 0.6) is 0 Å². The number of nitrogens with zero attached hydrogens (tertiary/aromatic N) is 5. The van der Waals surface area contributed by atoms with Crippen LogP contribution in [0.2, 0.25) is 0 Å². The highest BCUT2D eigenvalue weighted by Gasteiger charge is 2.27. The van der Waals surface area contributed by atoms with Gasteiger partial charge < -0.3 is 9.42 Å². The van der Waals surface area contributed by atoms with Crippen LogP contribution in [-0.4, -0.2) is 43.8 Å². The van der Waals surface area contributed by atoms with Crippen LogP contribution in [0.3, 0.4) is 0 Å². The summed E-state index contributed by atoms with van der Waals surface area (Å²) in [5.74, 6) is 1.25. The van der Waals surface area contributed by atoms with Crippen molar-refractivity contribution in [1.82, 2.24) is 24.8 Å². The van der Waals surface area contributed by atoms with Crippen molar-refractivity contribution in [3.63, 3.8) is 0 Å². The molecule has 0 saturated carbocycles. The third kappa shape index (κ3) is 4.01. The van der Waals surface area contributed by atoms with E-state index in [4.69, 9.17) is 9.51 Å². The molecule has 0 N–H and O–H groups in total. The van der Waals surface area contributed by atoms with E-state index in [1.807, 2.05) is 34.8 Å². The van der Waals surface area contributed by atoms with Crippen LogP contribution in [0.25, 0.3) is 11.3 Å². The molecule has 4 heterocycles. The highest BCUT2D eigenvalue weighted by Crippen LogP contribution is 2.31. The van der Waals surface area contributed by atoms with Gasteiger partial charge >= 0.3 is 0 Å². The van der Waals surface area contributed by atoms with E-state index in [1.165, 1.54) is 0 Å². The minimum absolute atomic E-state index is 0.0256. The fraction of sp³-hybridized carbons (Fsp3) is 0.478. The maximum Gasteiger partial charge on any atom is 0.274 e. The SMILES string of the molecule is CCCn1ccc(C(=O)N2CCC(c3cccc(-c4c(C)noc4CC)n3)CC2)n1. The summed E-state index contributed by atoms with van der Waals surface area (Å²) in [7, 11) is 0. The minimum atomic E-state index is 0.0256. The normalized spacial score (nSPS) is 15.0. The van der Waals surface area contributed by atoms with Gasteiger partial charge in [-0.2, -0.15) is 5.10 Å². The zero-order valence-electron chi connectivity index (χ0n) is 18.0. The fourth-order valence-electron chi connectivity index (χ4n) is 4.17. The number of hydrogen-bond donors (Lipinski definition) is 0. The average molecular weight is 408 g/mol. The minimum Gasteiger partial charge on any atom is -0.360 e. The Bertz CT molecular complexity index is 1010. The van der Waals surface area contributed by atoms with Gasteiger partial charge in [-0.15, -0.1) is 0 Å². The second-order valence-electron chi connectivity index (χ2n) is 7.90. The molecule has 30 heavy (non-hydrogen) atoms. The Hall–Kier alpha value is -2.96. The number of carbonyl (C=O) groups excluding carboxylic acids is 1. The molecule has 1 aliphatic heterocycles. The van der Waals surface area contributed by atoms with Crippen molar-refractivity contribution in [1.29, 1.82) is 0 Å². The van der Waals surface area contributed by atoms with Gasteiger partial charge in [0.2, 0.25) is 0 Å². The quantitative estimate of drug-likeness (QED) is 0.611. The van der Waals surface area contributed by atoms with Gasteiger partial charge in [0.15, 0.2) is 0 Å². The first-order valence-electron chi connectivity index (χ1n) is 10.9. The molecule has 1 saturated heterocycles. The lowest BCUT2D eigenvalue weighted by atomic mass is 9.92. The van der Waals surface area contributed by atoms with Crippen LogP contribution in [0.15, 0.2) is 35.0 Å². The molecule has 0 spiro atoms. The maximum absolute atomic E-state index is 12.8. The first-order valence-corrected chi connectivity index (χ1v) is 10.9. The monoisotopic (exact) mass is 407 g/mol. The fourth-order valence-corrected chi connectivity index (χ4v) is 4.17. The van der Waals surface area contributed by atoms with Gasteiger partial charge in [-0.05, 0) is 44.4 Å². The summed E-state index contributed by atoms with van der Waals surface area (Å²) >= 11 is 0. The molecular weight excluding hydrogens is 378 g/mol. The van der Waals surface area contributed by atoms with Crippen LogP contribution in [0.1, 0.15) is 66.7 Å². The number of aryl methyl sites for hydroxylation is 3. The van der Waals surface area contributed by atoms with Crippen molar-refractivity contribution < 1.29 is 9.32 Å². The highest BCUT2D eigenvalue weighted by molar-refractivity contribution is 5.92. The number of hydrogen-bond acceptors (Lipinski definition) is 5. The summed E-state index contributed by atoms with van der Waals surface area (Å²) in [4.78, 5) is 19.7. The molecule has 1 fully saturated rings. The lowest BCUT2D eigenvalue weighted by Gasteiger charge is -2.31. The molecule has 4 rings (SSSR count). The van der Waals surface area contributed by atoms with Crippen molar-refractivity contribution in [2.75, 3.05) is 13.1 Å². The van der Waals surface area contributed by atoms with E-state index in [2.05, 4.69) is 36.2 Å². The molecule has 1 aliphatic rings. The van der Waals surface area contributed by atoms with Crippen LogP contribution in [-0.2, 0) is 13.0 Å². The molecule has 0 aromatic carbocycles. The van der Waals surface area contributed by atoms with Crippen LogP contribution < -0.4 is 0 Å². The zero-order valence-corrected chi connectivity index (χ0v) is 18.0. The first kappa shape index (κ1) is 20.3. The number of pyridine rings is 1. The lowest BCUT2D eigenvalue weighted by Crippen LogP contribution is -2.38. The first-order chi connectivity index (χ1) is 14.6. The van der Waals surface area contributed by atoms with Crippen LogP contribution in [0, 0.1) is 6.92 Å². The third-order valence-corrected chi connectivity index (χ3v) is 5.79. The second kappa shape index (κ2) is 8.81. The van der Waals surface area contributed by atoms with E-state index in [0.29, 0.717) is 11.6 Å². The Kier molecular flexibility index (Phi) is 5.97. The Labute approximate surface area is 177 Å². The van der Waals surface area contributed by atoms with Crippen LogP contribution >= 0.6 is 0 Å². The number of likely N-dealkylation sites (tertiary alicyclic amines) is 1. The standard InChI is InChI=1S/C23H29N5O2/c1-4-12-28-15-11-20(25-28)23(29)27-13-9-17(10-14-27)18-7-6-8-19(24-18)22-16(3)26-30-21(22)5-2/h6-8,11,15,17H,4-5,9-10,12-14H2,1-3H3. The van der Waals surface area contributed by atoms with Gasteiger partial charge in [0.25, 0.3) is 5.91 Å². The second-order valence-corrected chi connectivity index (χ2v) is 7.90. The predicted molar refractivity (Wildman–Crippen MR) is 114 cm³/mol. The number of rotatable bonds is 6. The van der Waals surface area contributed by atoms with Gasteiger partial charge in [0.1, 0.15) is 11.5 Å². The van der Waals surface area contributed by atoms with E-state index in [0.717, 1.165) is 73.7 Å². The third-order valence-electron chi connectivity index (χ3n) is 5.79. The predicted octanol–water partition coefficient (Wildman–Crippen LogP) is 4.23. The molecule has 158 valence electrons. The van der Waals surface area contributed by atoms with Gasteiger partial charge in [-0.25, -0.2) is 0 Å². The van der Waals surface area contributed by atoms with Crippen molar-refractivity contribution >= 4 is 5.91 Å². The van der Waals surface area contributed by atoms with Gasteiger partial charge in [0, 0.05) is 43.9 Å². The Morgan fingerprint density at radius 3 is 2.73 bits per heavy atom. The van der Waals surface area contributed by atoms with Crippen molar-refractivity contribution in [3.05, 3.63) is 53.3 Å². The van der Waals surface area contributed by atoms with E-state index < -0.39 is 0 Å². The number of carbonyl (C=O) groups is 1. The number of aromatic nitrogens is 4. The average Bonchev–Trinajstić information content (AvgIpc) is 3.40. The highest BCUT2D eigenvalue weighted by atomic mass is 16.5. The van der Waals surface area contributed by atoms with Crippen LogP contribution in [0.4, 0.5) is 0 Å². The summed E-state index contributed by atoms with van der Waals surface area (Å²) in [6.45, 7) is 8.40. The molecule has 3 aromatic rings. The number of amides is 1. The van der Waals surface area contributed by atoms with Gasteiger partial charge in [0.05, 0.1) is 17.0 Å². The Balaban J connectivity index is 1.44. The van der Waals surface area contributed by atoms with E-state index in [-0.39, 0.29) is 5.91 Å². The molecule has 0 aliphatic carbocycles. The summed E-state index contributed by atoms with van der Waals surface area (Å²) < 4.78 is 7.28. The lowest BCUT2D eigenvalue weighted by molar-refractivity contribution is 0.0705. The zero-order chi connectivity index (χ0) is 21.1. The molecule has 0 atom stereocenters. The van der Waals surface area contributed by atoms with E-state index >= 15 is 0 Å². The molecule has 0 radical (unpaired) electrons. The molecule has 3 aromatic heterocycles. The van der Waals surface area contributed by atoms with Crippen molar-refractivity contribution in [2.24, 2.45) is 0 Å². The smallest absolute Gasteiger partial charge is 0.274 e. The number of piperidine rings is 1.